The Morgan fingerprint density at radius 3 is 2.21 bits per heavy atom. The van der Waals surface area contributed by atoms with Gasteiger partial charge in [-0.05, 0) is 36.6 Å². The minimum absolute atomic E-state index is 0.108. The smallest absolute Gasteiger partial charge is 0.253 e. The van der Waals surface area contributed by atoms with E-state index >= 15 is 0 Å². The number of hydrogen-bond donors (Lipinski definition) is 2. The number of benzene rings is 3. The fourth-order valence-electron chi connectivity index (χ4n) is 2.89. The maximum atomic E-state index is 12.6. The van der Waals surface area contributed by atoms with E-state index in [0.29, 0.717) is 30.6 Å². The molecule has 0 atom stereocenters. The normalized spacial score (nSPS) is 10.3. The van der Waals surface area contributed by atoms with Crippen molar-refractivity contribution in [2.45, 2.75) is 26.3 Å². The molecule has 0 bridgehead atoms. The summed E-state index contributed by atoms with van der Waals surface area (Å²) in [4.78, 5) is 24.9. The van der Waals surface area contributed by atoms with Crippen LogP contribution in [0, 0.1) is 6.92 Å². The molecule has 0 aliphatic heterocycles. The third kappa shape index (κ3) is 5.55. The number of hydrogen-bond acceptors (Lipinski definition) is 2. The first-order valence-electron chi connectivity index (χ1n) is 9.38. The summed E-state index contributed by atoms with van der Waals surface area (Å²) < 4.78 is 0. The average molecular weight is 372 g/mol. The standard InChI is InChI=1S/C24H24N2O2/c1-18-11-13-19(14-12-18)15-16-23(27)26-22-10-6-5-9-21(22)24(28)25-17-20-7-3-2-4-8-20/h2-14H,15-17H2,1H3,(H,25,28)(H,26,27). The van der Waals surface area contributed by atoms with Gasteiger partial charge in [-0.15, -0.1) is 0 Å². The minimum atomic E-state index is -0.210. The molecule has 0 saturated heterocycles. The number of carbonyl (C=O) groups excluding carboxylic acids is 2. The predicted molar refractivity (Wildman–Crippen MR) is 112 cm³/mol. The highest BCUT2D eigenvalue weighted by Crippen LogP contribution is 2.16. The van der Waals surface area contributed by atoms with E-state index in [1.54, 1.807) is 18.2 Å². The zero-order valence-corrected chi connectivity index (χ0v) is 15.9. The number of para-hydroxylation sites is 1. The topological polar surface area (TPSA) is 58.2 Å². The number of anilines is 1. The van der Waals surface area contributed by atoms with Gasteiger partial charge in [0.25, 0.3) is 5.91 Å². The number of aryl methyl sites for hydroxylation is 2. The zero-order valence-electron chi connectivity index (χ0n) is 15.9. The fraction of sp³-hybridized carbons (Fsp3) is 0.167. The van der Waals surface area contributed by atoms with Crippen molar-refractivity contribution in [1.82, 2.24) is 5.32 Å². The second kappa shape index (κ2) is 9.51. The first-order valence-corrected chi connectivity index (χ1v) is 9.38. The van der Waals surface area contributed by atoms with Crippen LogP contribution in [-0.4, -0.2) is 11.8 Å². The lowest BCUT2D eigenvalue weighted by atomic mass is 10.1. The van der Waals surface area contributed by atoms with E-state index in [1.165, 1.54) is 5.56 Å². The molecule has 142 valence electrons. The van der Waals surface area contributed by atoms with Crippen LogP contribution in [0.25, 0.3) is 0 Å². The van der Waals surface area contributed by atoms with E-state index in [9.17, 15) is 9.59 Å². The van der Waals surface area contributed by atoms with Crippen molar-refractivity contribution in [3.8, 4) is 0 Å². The minimum Gasteiger partial charge on any atom is -0.348 e. The summed E-state index contributed by atoms with van der Waals surface area (Å²) >= 11 is 0. The van der Waals surface area contributed by atoms with Gasteiger partial charge in [0.2, 0.25) is 5.91 Å². The summed E-state index contributed by atoms with van der Waals surface area (Å²) in [6.45, 7) is 2.48. The van der Waals surface area contributed by atoms with Crippen molar-refractivity contribution >= 4 is 17.5 Å². The van der Waals surface area contributed by atoms with Crippen molar-refractivity contribution in [2.24, 2.45) is 0 Å². The molecule has 0 spiro atoms. The van der Waals surface area contributed by atoms with Gasteiger partial charge in [-0.25, -0.2) is 0 Å². The molecule has 0 unspecified atom stereocenters. The first kappa shape index (κ1) is 19.4. The van der Waals surface area contributed by atoms with E-state index in [4.69, 9.17) is 0 Å². The second-order valence-electron chi connectivity index (χ2n) is 6.75. The van der Waals surface area contributed by atoms with E-state index in [0.717, 1.165) is 11.1 Å². The monoisotopic (exact) mass is 372 g/mol. The lowest BCUT2D eigenvalue weighted by Gasteiger charge is -2.12. The molecule has 2 N–H and O–H groups in total. The molecule has 4 nitrogen and oxygen atoms in total. The highest BCUT2D eigenvalue weighted by Gasteiger charge is 2.13. The van der Waals surface area contributed by atoms with Crippen LogP contribution < -0.4 is 10.6 Å². The number of carbonyl (C=O) groups is 2. The molecule has 0 aliphatic rings. The SMILES string of the molecule is Cc1ccc(CCC(=O)Nc2ccccc2C(=O)NCc2ccccc2)cc1. The van der Waals surface area contributed by atoms with Gasteiger partial charge in [-0.3, -0.25) is 9.59 Å². The average Bonchev–Trinajstić information content (AvgIpc) is 2.73. The predicted octanol–water partition coefficient (Wildman–Crippen LogP) is 4.50. The Bertz CT molecular complexity index is 934. The van der Waals surface area contributed by atoms with Gasteiger partial charge in [0, 0.05) is 13.0 Å². The molecule has 3 aromatic carbocycles. The molecular formula is C24H24N2O2. The maximum Gasteiger partial charge on any atom is 0.253 e. The van der Waals surface area contributed by atoms with Gasteiger partial charge >= 0.3 is 0 Å². The Kier molecular flexibility index (Phi) is 6.58. The van der Waals surface area contributed by atoms with Crippen LogP contribution in [0.5, 0.6) is 0 Å². The largest absolute Gasteiger partial charge is 0.348 e. The van der Waals surface area contributed by atoms with E-state index in [2.05, 4.69) is 10.6 Å². The van der Waals surface area contributed by atoms with Crippen molar-refractivity contribution in [3.63, 3.8) is 0 Å². The van der Waals surface area contributed by atoms with E-state index < -0.39 is 0 Å². The van der Waals surface area contributed by atoms with Gasteiger partial charge in [-0.2, -0.15) is 0 Å². The molecule has 0 fully saturated rings. The van der Waals surface area contributed by atoms with Gasteiger partial charge in [0.1, 0.15) is 0 Å². The van der Waals surface area contributed by atoms with E-state index in [-0.39, 0.29) is 11.8 Å². The summed E-state index contributed by atoms with van der Waals surface area (Å²) in [5.41, 5.74) is 4.33. The van der Waals surface area contributed by atoms with Gasteiger partial charge in [0.15, 0.2) is 0 Å². The highest BCUT2D eigenvalue weighted by atomic mass is 16.2. The molecule has 3 rings (SSSR count). The number of rotatable bonds is 7. The Morgan fingerprint density at radius 2 is 1.46 bits per heavy atom. The summed E-state index contributed by atoms with van der Waals surface area (Å²) in [7, 11) is 0. The van der Waals surface area contributed by atoms with E-state index in [1.807, 2.05) is 67.6 Å². The van der Waals surface area contributed by atoms with Crippen LogP contribution >= 0.6 is 0 Å². The first-order chi connectivity index (χ1) is 13.6. The summed E-state index contributed by atoms with van der Waals surface area (Å²) in [6.07, 6.45) is 1.03. The van der Waals surface area contributed by atoms with Gasteiger partial charge in [0.05, 0.1) is 11.3 Å². The second-order valence-corrected chi connectivity index (χ2v) is 6.75. The van der Waals surface area contributed by atoms with Crippen molar-refractivity contribution in [1.29, 1.82) is 0 Å². The Hall–Kier alpha value is -3.40. The van der Waals surface area contributed by atoms with Crippen molar-refractivity contribution in [2.75, 3.05) is 5.32 Å². The van der Waals surface area contributed by atoms with Crippen LogP contribution in [0.4, 0.5) is 5.69 Å². The third-order valence-electron chi connectivity index (χ3n) is 4.50. The lowest BCUT2D eigenvalue weighted by molar-refractivity contribution is -0.116. The molecule has 0 saturated carbocycles. The molecule has 0 heterocycles. The molecule has 3 aromatic rings. The molecule has 28 heavy (non-hydrogen) atoms. The fourth-order valence-corrected chi connectivity index (χ4v) is 2.89. The molecule has 0 radical (unpaired) electrons. The summed E-state index contributed by atoms with van der Waals surface area (Å²) in [5.74, 6) is -0.317. The third-order valence-corrected chi connectivity index (χ3v) is 4.50. The van der Waals surface area contributed by atoms with Crippen LogP contribution in [0.1, 0.15) is 33.5 Å². The van der Waals surface area contributed by atoms with Crippen LogP contribution in [0.3, 0.4) is 0 Å². The van der Waals surface area contributed by atoms with Gasteiger partial charge in [-0.1, -0.05) is 72.3 Å². The zero-order chi connectivity index (χ0) is 19.8. The van der Waals surface area contributed by atoms with Crippen molar-refractivity contribution < 1.29 is 9.59 Å². The lowest BCUT2D eigenvalue weighted by Crippen LogP contribution is -2.24. The molecule has 0 aliphatic carbocycles. The van der Waals surface area contributed by atoms with Crippen LogP contribution in [-0.2, 0) is 17.8 Å². The molecule has 0 aromatic heterocycles. The van der Waals surface area contributed by atoms with Crippen LogP contribution in [0.2, 0.25) is 0 Å². The van der Waals surface area contributed by atoms with Crippen LogP contribution in [0.15, 0.2) is 78.9 Å². The molecule has 2 amide bonds. The Morgan fingerprint density at radius 1 is 0.786 bits per heavy atom. The molecular weight excluding hydrogens is 348 g/mol. The number of amides is 2. The Labute approximate surface area is 165 Å². The Balaban J connectivity index is 1.58. The maximum absolute atomic E-state index is 12.6. The summed E-state index contributed by atoms with van der Waals surface area (Å²) in [5, 5.41) is 5.77. The van der Waals surface area contributed by atoms with Crippen molar-refractivity contribution in [3.05, 3.63) is 101 Å². The number of nitrogens with one attached hydrogen (secondary N) is 2. The highest BCUT2D eigenvalue weighted by molar-refractivity contribution is 6.03. The molecule has 4 heteroatoms. The van der Waals surface area contributed by atoms with Gasteiger partial charge < -0.3 is 10.6 Å². The quantitative estimate of drug-likeness (QED) is 0.642. The summed E-state index contributed by atoms with van der Waals surface area (Å²) in [6, 6.07) is 24.9.